The molecule has 6 heterocycles. The molecule has 16 heteroatoms. The van der Waals surface area contributed by atoms with Gasteiger partial charge >= 0.3 is 12.1 Å². The number of phenolic OH excluding ortho intramolecular Hbond substituents is 1. The maximum atomic E-state index is 13.5. The van der Waals surface area contributed by atoms with E-state index in [2.05, 4.69) is 4.98 Å². The number of alkyl halides is 3. The van der Waals surface area contributed by atoms with Crippen molar-refractivity contribution in [1.82, 2.24) is 14.5 Å². The Morgan fingerprint density at radius 3 is 2.49 bits per heavy atom. The summed E-state index contributed by atoms with van der Waals surface area (Å²) in [4.78, 5) is 50.2. The number of likely N-dealkylation sites (N-methyl/N-ethyl adjacent to an activating group) is 1. The minimum absolute atomic E-state index is 0.0657. The van der Waals surface area contributed by atoms with Crippen LogP contribution in [0.4, 0.5) is 24.7 Å². The third kappa shape index (κ3) is 6.93. The number of pyridine rings is 3. The van der Waals surface area contributed by atoms with Crippen molar-refractivity contribution in [3.63, 3.8) is 0 Å². The van der Waals surface area contributed by atoms with Crippen molar-refractivity contribution in [2.75, 3.05) is 23.4 Å². The fraction of sp³-hybridized carbons (Fsp3) is 0.349. The van der Waals surface area contributed by atoms with Crippen LogP contribution in [0.1, 0.15) is 71.3 Å². The Morgan fingerprint density at radius 1 is 1.08 bits per heavy atom. The second kappa shape index (κ2) is 15.1. The molecule has 3 aromatic heterocycles. The number of aromatic hydroxyl groups is 1. The predicted molar refractivity (Wildman–Crippen MR) is 211 cm³/mol. The molecule has 8 rings (SSSR count). The van der Waals surface area contributed by atoms with Crippen LogP contribution in [-0.4, -0.2) is 67.5 Å². The first kappa shape index (κ1) is 40.9. The number of carbonyl (C=O) groups is 2. The number of nitriles is 1. The highest BCUT2D eigenvalue weighted by molar-refractivity contribution is 5.99. The number of aliphatic hydroxyl groups excluding tert-OH is 1. The number of amides is 1. The molecule has 1 amide bonds. The molecule has 0 bridgehead atoms. The molecule has 3 aliphatic heterocycles. The number of rotatable bonds is 5. The van der Waals surface area contributed by atoms with E-state index in [4.69, 9.17) is 9.72 Å². The Hall–Kier alpha value is -6.31. The first-order chi connectivity index (χ1) is 27.9. The lowest BCUT2D eigenvalue weighted by Crippen LogP contribution is -2.49. The first-order valence-electron chi connectivity index (χ1n) is 19.0. The van der Waals surface area contributed by atoms with Crippen LogP contribution in [0.2, 0.25) is 0 Å². The summed E-state index contributed by atoms with van der Waals surface area (Å²) in [5.74, 6) is -1.30. The highest BCUT2D eigenvalue weighted by Crippen LogP contribution is 2.41. The van der Waals surface area contributed by atoms with E-state index in [0.29, 0.717) is 41.2 Å². The Kier molecular flexibility index (Phi) is 10.5. The van der Waals surface area contributed by atoms with E-state index in [-0.39, 0.29) is 48.8 Å². The van der Waals surface area contributed by atoms with E-state index in [1.807, 2.05) is 19.9 Å². The summed E-state index contributed by atoms with van der Waals surface area (Å²) in [6.07, 6.45) is -4.86. The lowest BCUT2D eigenvalue weighted by molar-refractivity contribution is -0.172. The minimum atomic E-state index is -4.75. The average molecular weight is 811 g/mol. The largest absolute Gasteiger partial charge is 0.508 e. The normalized spacial score (nSPS) is 19.3. The summed E-state index contributed by atoms with van der Waals surface area (Å²) >= 11 is 0. The number of nitrogens with zero attached hydrogens (tertiary/aromatic N) is 6. The molecule has 3 aliphatic rings. The zero-order valence-corrected chi connectivity index (χ0v) is 32.9. The third-order valence-corrected chi connectivity index (χ3v) is 11.3. The zero-order chi connectivity index (χ0) is 42.7. The lowest BCUT2D eigenvalue weighted by Gasteiger charge is -2.31. The number of hydrogen-bond acceptors (Lipinski definition) is 11. The maximum Gasteiger partial charge on any atom is 0.417 e. The zero-order valence-electron chi connectivity index (χ0n) is 32.9. The van der Waals surface area contributed by atoms with E-state index in [0.717, 1.165) is 33.7 Å². The molecule has 1 saturated heterocycles. The van der Waals surface area contributed by atoms with Gasteiger partial charge in [-0.25, -0.2) is 14.8 Å². The fourth-order valence-corrected chi connectivity index (χ4v) is 8.23. The number of benzene rings is 2. The van der Waals surface area contributed by atoms with Crippen LogP contribution < -0.4 is 15.4 Å². The number of cyclic esters (lactones) is 1. The summed E-state index contributed by atoms with van der Waals surface area (Å²) in [5, 5.41) is 41.6. The van der Waals surface area contributed by atoms with Crippen LogP contribution in [0.25, 0.3) is 22.3 Å². The van der Waals surface area contributed by atoms with Crippen molar-refractivity contribution in [2.45, 2.75) is 84.0 Å². The Bertz CT molecular complexity index is 2660. The molecule has 1 fully saturated rings. The van der Waals surface area contributed by atoms with E-state index in [9.17, 15) is 48.1 Å². The van der Waals surface area contributed by atoms with Crippen LogP contribution in [-0.2, 0) is 45.7 Å². The highest BCUT2D eigenvalue weighted by atomic mass is 19.4. The van der Waals surface area contributed by atoms with E-state index >= 15 is 0 Å². The van der Waals surface area contributed by atoms with Gasteiger partial charge < -0.3 is 34.4 Å². The first-order valence-corrected chi connectivity index (χ1v) is 19.0. The Labute approximate surface area is 336 Å². The van der Waals surface area contributed by atoms with Crippen molar-refractivity contribution in [2.24, 2.45) is 0 Å². The van der Waals surface area contributed by atoms with Crippen molar-refractivity contribution in [1.29, 1.82) is 5.26 Å². The van der Waals surface area contributed by atoms with Gasteiger partial charge in [0.15, 0.2) is 5.60 Å². The molecule has 3 N–H and O–H groups in total. The molecule has 0 radical (unpaired) electrons. The quantitative estimate of drug-likeness (QED) is 0.186. The molecule has 3 atom stereocenters. The molecule has 2 unspecified atom stereocenters. The van der Waals surface area contributed by atoms with Crippen LogP contribution in [0.3, 0.4) is 0 Å². The highest BCUT2D eigenvalue weighted by Gasteiger charge is 2.46. The van der Waals surface area contributed by atoms with Gasteiger partial charge in [-0.2, -0.15) is 18.4 Å². The second-order valence-electron chi connectivity index (χ2n) is 14.9. The molecular weight excluding hydrogens is 770 g/mol. The molecule has 59 heavy (non-hydrogen) atoms. The number of anilines is 2. The number of phenols is 1. The van der Waals surface area contributed by atoms with Gasteiger partial charge in [-0.3, -0.25) is 9.59 Å². The van der Waals surface area contributed by atoms with Crippen molar-refractivity contribution in [3.8, 4) is 23.2 Å². The molecule has 306 valence electrons. The number of halogens is 3. The summed E-state index contributed by atoms with van der Waals surface area (Å²) < 4.78 is 47.2. The van der Waals surface area contributed by atoms with Gasteiger partial charge in [0.1, 0.15) is 35.8 Å². The fourth-order valence-electron chi connectivity index (χ4n) is 8.23. The third-order valence-electron chi connectivity index (χ3n) is 11.3. The lowest BCUT2D eigenvalue weighted by atomic mass is 9.86. The van der Waals surface area contributed by atoms with E-state index in [1.165, 1.54) is 23.8 Å². The maximum absolute atomic E-state index is 13.5. The van der Waals surface area contributed by atoms with Gasteiger partial charge in [0, 0.05) is 41.5 Å². The number of aliphatic hydroxyl groups is 2. The number of esters is 1. The van der Waals surface area contributed by atoms with Gasteiger partial charge in [0.05, 0.1) is 40.7 Å². The van der Waals surface area contributed by atoms with Crippen LogP contribution >= 0.6 is 0 Å². The van der Waals surface area contributed by atoms with Gasteiger partial charge in [0.25, 0.3) is 11.5 Å². The summed E-state index contributed by atoms with van der Waals surface area (Å²) in [6, 6.07) is 15.2. The number of aromatic nitrogens is 3. The molecule has 5 aromatic rings. The molecule has 2 aromatic carbocycles. The van der Waals surface area contributed by atoms with Gasteiger partial charge in [-0.15, -0.1) is 0 Å². The average Bonchev–Trinajstić information content (AvgIpc) is 3.77. The number of carbonyl (C=O) groups excluding carboxylic acids is 2. The predicted octanol–water partition coefficient (Wildman–Crippen LogP) is 5.54. The van der Waals surface area contributed by atoms with Crippen LogP contribution in [0.15, 0.2) is 59.4 Å². The Morgan fingerprint density at radius 2 is 1.83 bits per heavy atom. The molecule has 13 nitrogen and oxygen atoms in total. The number of fused-ring (bicyclic) bond motifs is 5. The van der Waals surface area contributed by atoms with Crippen molar-refractivity contribution in [3.05, 3.63) is 110 Å². The second-order valence-corrected chi connectivity index (χ2v) is 14.9. The van der Waals surface area contributed by atoms with E-state index in [1.54, 1.807) is 60.0 Å². The van der Waals surface area contributed by atoms with Crippen LogP contribution in [0.5, 0.6) is 5.75 Å². The number of ether oxygens (including phenoxy) is 1. The number of hydrogen-bond donors (Lipinski definition) is 3. The summed E-state index contributed by atoms with van der Waals surface area (Å²) in [6.45, 7) is 7.28. The Balaban J connectivity index is 0.000000179. The molecule has 0 aliphatic carbocycles. The van der Waals surface area contributed by atoms with E-state index < -0.39 is 46.9 Å². The molecule has 0 spiro atoms. The van der Waals surface area contributed by atoms with Gasteiger partial charge in [-0.1, -0.05) is 26.0 Å². The number of aryl methyl sites for hydroxylation is 3. The SMILES string of the molecule is CCc1c2c(nc3ccc(O)cc13)-c1cc3c(c(=O)n1C2)COC(=O)[C@]3(O)CC.Cc1cccc(N(C)C(=O)C2C(O)CCN2c2nc(C)cc(C(F)(F)F)c2C#N)c1. The molecular formula is C43H41F3N6O7. The topological polar surface area (TPSA) is 182 Å². The smallest absolute Gasteiger partial charge is 0.417 e. The monoisotopic (exact) mass is 810 g/mol. The standard InChI is InChI=1S/C22H20N2O5.C21H21F3N4O2/c1-3-12-13-7-11(25)5-6-17(13)23-19-14(12)9-24-18(19)8-16-15(20(24)26)10-29-21(27)22(16,28)4-2;1-12-5-4-6-14(9-12)27(3)20(30)18-17(29)7-8-28(18)19-15(11-25)16(21(22,23)24)10-13(2)26-19/h5-8,25,28H,3-4,9-10H2,1-2H3;4-6,9-10,17-18,29H,7-8H2,1-3H3/t22-;/m0./s1. The van der Waals surface area contributed by atoms with Crippen molar-refractivity contribution >= 4 is 34.3 Å². The summed E-state index contributed by atoms with van der Waals surface area (Å²) in [7, 11) is 1.54. The summed E-state index contributed by atoms with van der Waals surface area (Å²) in [5.41, 5.74) is 2.29. The van der Waals surface area contributed by atoms with Crippen molar-refractivity contribution < 1.29 is 42.8 Å². The molecule has 0 saturated carbocycles. The van der Waals surface area contributed by atoms with Gasteiger partial charge in [-0.05, 0) is 86.7 Å². The van der Waals surface area contributed by atoms with Gasteiger partial charge in [0.2, 0.25) is 0 Å². The minimum Gasteiger partial charge on any atom is -0.508 e. The van der Waals surface area contributed by atoms with Crippen LogP contribution in [0, 0.1) is 25.2 Å².